The van der Waals surface area contributed by atoms with Gasteiger partial charge in [0, 0.05) is 13.1 Å². The highest BCUT2D eigenvalue weighted by atomic mass is 16.5. The molecule has 1 aliphatic carbocycles. The molecule has 0 spiro atoms. The van der Waals surface area contributed by atoms with Crippen LogP contribution in [0.1, 0.15) is 38.5 Å². The number of morpholine rings is 1. The van der Waals surface area contributed by atoms with Crippen LogP contribution in [0.5, 0.6) is 0 Å². The van der Waals surface area contributed by atoms with Gasteiger partial charge < -0.3 is 9.64 Å². The summed E-state index contributed by atoms with van der Waals surface area (Å²) in [6.45, 7) is 1.96. The van der Waals surface area contributed by atoms with E-state index in [1.165, 1.54) is 43.0 Å². The zero-order valence-electron chi connectivity index (χ0n) is 12.8. The molecule has 2 heterocycles. The van der Waals surface area contributed by atoms with E-state index in [4.69, 9.17) is 4.74 Å². The van der Waals surface area contributed by atoms with Gasteiger partial charge in [-0.3, -0.25) is 9.32 Å². The number of aromatic nitrogens is 2. The van der Waals surface area contributed by atoms with Crippen LogP contribution in [-0.4, -0.2) is 41.9 Å². The summed E-state index contributed by atoms with van der Waals surface area (Å²) in [5.41, 5.74) is -0.482. The maximum absolute atomic E-state index is 12.3. The molecule has 0 radical (unpaired) electrons. The topological polar surface area (TPSA) is 79.4 Å². The fraction of sp³-hybridized carbons (Fsp3) is 0.800. The molecule has 1 atom stereocenters. The van der Waals surface area contributed by atoms with E-state index in [0.717, 1.165) is 12.3 Å². The lowest BCUT2D eigenvalue weighted by Gasteiger charge is -2.34. The van der Waals surface area contributed by atoms with E-state index in [-0.39, 0.29) is 18.6 Å². The van der Waals surface area contributed by atoms with Crippen LogP contribution >= 0.6 is 0 Å². The molecule has 2 aliphatic rings. The first kappa shape index (κ1) is 15.3. The monoisotopic (exact) mass is 310 g/mol. The van der Waals surface area contributed by atoms with Crippen LogP contribution in [0.4, 0.5) is 0 Å². The van der Waals surface area contributed by atoms with Gasteiger partial charge in [0.2, 0.25) is 0 Å². The number of rotatable bonds is 4. The number of H-pyrrole nitrogens is 1. The number of amides is 1. The minimum atomic E-state index is -0.482. The van der Waals surface area contributed by atoms with Gasteiger partial charge in [-0.1, -0.05) is 36.8 Å². The third-order valence-electron chi connectivity index (χ3n) is 4.64. The number of carbonyl (C=O) groups is 1. The van der Waals surface area contributed by atoms with Crippen molar-refractivity contribution in [2.75, 3.05) is 19.7 Å². The number of hydrogen-bond donors (Lipinski definition) is 1. The number of ether oxygens (including phenoxy) is 1. The third-order valence-corrected chi connectivity index (χ3v) is 4.64. The standard InChI is InChI=1S/C15H23N3O4/c19-14(10-18-11-15(20)22-16-18)17-6-7-21-13(9-17)8-12-4-2-1-3-5-12/h11-13H,1-10H2/p+1. The molecule has 7 nitrogen and oxygen atoms in total. The molecule has 22 heavy (non-hydrogen) atoms. The highest BCUT2D eigenvalue weighted by molar-refractivity contribution is 5.74. The maximum Gasteiger partial charge on any atom is 0.426 e. The molecule has 7 heteroatoms. The molecular weight excluding hydrogens is 286 g/mol. The SMILES string of the molecule is O=C(C[n+]1cc(=O)o[nH]1)N1CCOC(CC2CCCCC2)C1. The van der Waals surface area contributed by atoms with Crippen molar-refractivity contribution in [1.82, 2.24) is 10.2 Å². The van der Waals surface area contributed by atoms with Crippen molar-refractivity contribution in [3.63, 3.8) is 0 Å². The van der Waals surface area contributed by atoms with Crippen LogP contribution < -0.4 is 10.3 Å². The Bertz CT molecular complexity index is 547. The van der Waals surface area contributed by atoms with Gasteiger partial charge in [0.1, 0.15) is 0 Å². The van der Waals surface area contributed by atoms with E-state index in [1.807, 2.05) is 4.90 Å². The molecule has 1 aromatic rings. The Morgan fingerprint density at radius 3 is 2.91 bits per heavy atom. The lowest BCUT2D eigenvalue weighted by molar-refractivity contribution is -0.751. The van der Waals surface area contributed by atoms with Crippen molar-refractivity contribution in [3.05, 3.63) is 16.6 Å². The number of nitrogens with zero attached hydrogens (tertiary/aromatic N) is 2. The average molecular weight is 310 g/mol. The van der Waals surface area contributed by atoms with Crippen LogP contribution in [0.2, 0.25) is 0 Å². The predicted octanol–water partition coefficient (Wildman–Crippen LogP) is 0.453. The molecule has 1 saturated heterocycles. The van der Waals surface area contributed by atoms with E-state index in [9.17, 15) is 9.59 Å². The van der Waals surface area contributed by atoms with Crippen LogP contribution in [0, 0.1) is 5.92 Å². The summed E-state index contributed by atoms with van der Waals surface area (Å²) in [5, 5.41) is 2.40. The molecule has 1 saturated carbocycles. The summed E-state index contributed by atoms with van der Waals surface area (Å²) in [7, 11) is 0. The van der Waals surface area contributed by atoms with E-state index in [0.29, 0.717) is 19.7 Å². The minimum Gasteiger partial charge on any atom is -0.375 e. The van der Waals surface area contributed by atoms with Gasteiger partial charge in [-0.15, -0.1) is 0 Å². The molecule has 1 aliphatic heterocycles. The Hall–Kier alpha value is -1.63. The van der Waals surface area contributed by atoms with Crippen LogP contribution in [0.15, 0.2) is 15.5 Å². The van der Waals surface area contributed by atoms with Crippen molar-refractivity contribution in [3.8, 4) is 0 Å². The quantitative estimate of drug-likeness (QED) is 0.819. The third kappa shape index (κ3) is 3.97. The van der Waals surface area contributed by atoms with Crippen LogP contribution in [0.3, 0.4) is 0 Å². The molecule has 1 amide bonds. The van der Waals surface area contributed by atoms with E-state index < -0.39 is 5.63 Å². The van der Waals surface area contributed by atoms with Crippen molar-refractivity contribution < 1.29 is 18.7 Å². The summed E-state index contributed by atoms with van der Waals surface area (Å²) in [4.78, 5) is 25.1. The van der Waals surface area contributed by atoms with Gasteiger partial charge in [-0.2, -0.15) is 0 Å². The Morgan fingerprint density at radius 1 is 1.36 bits per heavy atom. The van der Waals surface area contributed by atoms with E-state index in [1.54, 1.807) is 0 Å². The molecule has 1 N–H and O–H groups in total. The Morgan fingerprint density at radius 2 is 2.18 bits per heavy atom. The number of carbonyl (C=O) groups excluding carboxylic acids is 1. The summed E-state index contributed by atoms with van der Waals surface area (Å²) < 4.78 is 11.8. The molecule has 0 aromatic carbocycles. The summed E-state index contributed by atoms with van der Waals surface area (Å²) in [5.74, 6) is 0.729. The smallest absolute Gasteiger partial charge is 0.375 e. The van der Waals surface area contributed by atoms with Crippen molar-refractivity contribution >= 4 is 5.91 Å². The lowest BCUT2D eigenvalue weighted by Crippen LogP contribution is -2.51. The Balaban J connectivity index is 1.50. The summed E-state index contributed by atoms with van der Waals surface area (Å²) in [6.07, 6.45) is 9.04. The second kappa shape index (κ2) is 7.09. The van der Waals surface area contributed by atoms with Gasteiger partial charge >= 0.3 is 5.63 Å². The van der Waals surface area contributed by atoms with Gasteiger partial charge in [0.05, 0.1) is 12.7 Å². The first-order chi connectivity index (χ1) is 10.7. The highest BCUT2D eigenvalue weighted by Crippen LogP contribution is 2.28. The molecule has 122 valence electrons. The molecule has 1 aromatic heterocycles. The van der Waals surface area contributed by atoms with Crippen LogP contribution in [0.25, 0.3) is 0 Å². The Kier molecular flexibility index (Phi) is 4.92. The van der Waals surface area contributed by atoms with Crippen molar-refractivity contribution in [2.45, 2.75) is 51.2 Å². The lowest BCUT2D eigenvalue weighted by atomic mass is 9.85. The largest absolute Gasteiger partial charge is 0.426 e. The number of nitrogens with one attached hydrogen (secondary N) is 1. The van der Waals surface area contributed by atoms with Gasteiger partial charge in [-0.25, -0.2) is 4.79 Å². The van der Waals surface area contributed by atoms with Gasteiger partial charge in [0.15, 0.2) is 0 Å². The van der Waals surface area contributed by atoms with Crippen molar-refractivity contribution in [2.24, 2.45) is 5.92 Å². The predicted molar refractivity (Wildman–Crippen MR) is 77.0 cm³/mol. The second-order valence-corrected chi connectivity index (χ2v) is 6.34. The average Bonchev–Trinajstić information content (AvgIpc) is 2.93. The molecule has 3 rings (SSSR count). The molecule has 1 unspecified atom stereocenters. The zero-order chi connectivity index (χ0) is 15.4. The first-order valence-electron chi connectivity index (χ1n) is 8.18. The summed E-state index contributed by atoms with van der Waals surface area (Å²) in [6, 6.07) is 0. The van der Waals surface area contributed by atoms with Gasteiger partial charge in [-0.05, 0) is 17.6 Å². The fourth-order valence-electron chi connectivity index (χ4n) is 3.49. The zero-order valence-corrected chi connectivity index (χ0v) is 12.8. The first-order valence-corrected chi connectivity index (χ1v) is 8.18. The van der Waals surface area contributed by atoms with Gasteiger partial charge in [0.25, 0.3) is 18.6 Å². The van der Waals surface area contributed by atoms with E-state index >= 15 is 0 Å². The van der Waals surface area contributed by atoms with Crippen LogP contribution in [-0.2, 0) is 16.1 Å². The number of hydrogen-bond acceptors (Lipinski definition) is 4. The number of aromatic amines is 1. The summed E-state index contributed by atoms with van der Waals surface area (Å²) >= 11 is 0. The maximum atomic E-state index is 12.3. The van der Waals surface area contributed by atoms with E-state index in [2.05, 4.69) is 9.79 Å². The second-order valence-electron chi connectivity index (χ2n) is 6.34. The minimum absolute atomic E-state index is 0.0148. The molecule has 2 fully saturated rings. The molecular formula is C15H24N3O4+. The normalized spacial score (nSPS) is 23.6. The highest BCUT2D eigenvalue weighted by Gasteiger charge is 2.29. The Labute approximate surface area is 129 Å². The van der Waals surface area contributed by atoms with Crippen molar-refractivity contribution in [1.29, 1.82) is 0 Å². The fourth-order valence-corrected chi connectivity index (χ4v) is 3.49. The molecule has 0 bridgehead atoms.